The fourth-order valence-electron chi connectivity index (χ4n) is 2.38. The van der Waals surface area contributed by atoms with Gasteiger partial charge in [-0.25, -0.2) is 12.4 Å². The van der Waals surface area contributed by atoms with Gasteiger partial charge in [0.05, 0.1) is 10.5 Å². The molecule has 0 unspecified atom stereocenters. The van der Waals surface area contributed by atoms with E-state index in [4.69, 9.17) is 0 Å². The monoisotopic (exact) mass is 369 g/mol. The zero-order valence-electron chi connectivity index (χ0n) is 14.5. The highest BCUT2D eigenvalue weighted by atomic mass is 32.2. The predicted octanol–water partition coefficient (Wildman–Crippen LogP) is 2.67. The van der Waals surface area contributed by atoms with Crippen LogP contribution in [0.15, 0.2) is 66.0 Å². The first-order valence-electron chi connectivity index (χ1n) is 8.06. The Morgan fingerprint density at radius 1 is 1.08 bits per heavy atom. The highest BCUT2D eigenvalue weighted by Crippen LogP contribution is 2.16. The summed E-state index contributed by atoms with van der Waals surface area (Å²) < 4.78 is 26.3. The Hall–Kier alpha value is -2.93. The number of nitrogens with zero attached hydrogens (tertiary/aromatic N) is 2. The van der Waals surface area contributed by atoms with E-state index in [2.05, 4.69) is 10.3 Å². The van der Waals surface area contributed by atoms with Crippen molar-refractivity contribution in [1.82, 2.24) is 14.3 Å². The van der Waals surface area contributed by atoms with Gasteiger partial charge in [0.15, 0.2) is 0 Å². The van der Waals surface area contributed by atoms with Crippen LogP contribution < -0.4 is 5.32 Å². The number of rotatable bonds is 5. The van der Waals surface area contributed by atoms with Crippen molar-refractivity contribution in [2.75, 3.05) is 0 Å². The van der Waals surface area contributed by atoms with E-state index in [9.17, 15) is 13.2 Å². The second-order valence-corrected chi connectivity index (χ2v) is 7.88. The molecule has 0 radical (unpaired) electrons. The van der Waals surface area contributed by atoms with E-state index in [0.717, 1.165) is 20.8 Å². The van der Waals surface area contributed by atoms with Crippen molar-refractivity contribution in [1.29, 1.82) is 0 Å². The van der Waals surface area contributed by atoms with E-state index in [0.29, 0.717) is 6.54 Å². The summed E-state index contributed by atoms with van der Waals surface area (Å²) in [7, 11) is -3.71. The van der Waals surface area contributed by atoms with E-state index >= 15 is 0 Å². The molecular weight excluding hydrogens is 350 g/mol. The molecule has 2 heterocycles. The highest BCUT2D eigenvalue weighted by molar-refractivity contribution is 7.90. The van der Waals surface area contributed by atoms with Crippen LogP contribution in [0.3, 0.4) is 0 Å². The van der Waals surface area contributed by atoms with Gasteiger partial charge in [-0.05, 0) is 43.7 Å². The lowest BCUT2D eigenvalue weighted by Gasteiger charge is -2.06. The van der Waals surface area contributed by atoms with Crippen molar-refractivity contribution >= 4 is 15.9 Å². The van der Waals surface area contributed by atoms with Gasteiger partial charge in [-0.3, -0.25) is 9.78 Å². The van der Waals surface area contributed by atoms with Crippen LogP contribution in [0.2, 0.25) is 0 Å². The topological polar surface area (TPSA) is 81.1 Å². The fourth-order valence-corrected chi connectivity index (χ4v) is 3.58. The van der Waals surface area contributed by atoms with Gasteiger partial charge in [-0.1, -0.05) is 23.8 Å². The lowest BCUT2D eigenvalue weighted by molar-refractivity contribution is 0.0951. The molecule has 1 N–H and O–H groups in total. The Morgan fingerprint density at radius 2 is 1.81 bits per heavy atom. The zero-order valence-corrected chi connectivity index (χ0v) is 15.3. The Bertz CT molecular complexity index is 1020. The van der Waals surface area contributed by atoms with Crippen LogP contribution in [0, 0.1) is 13.8 Å². The van der Waals surface area contributed by atoms with Gasteiger partial charge < -0.3 is 5.32 Å². The molecule has 3 aromatic rings. The van der Waals surface area contributed by atoms with Crippen LogP contribution in [0.1, 0.15) is 27.2 Å². The molecule has 7 heteroatoms. The zero-order chi connectivity index (χ0) is 18.7. The quantitative estimate of drug-likeness (QED) is 0.750. The lowest BCUT2D eigenvalue weighted by Crippen LogP contribution is -2.22. The lowest BCUT2D eigenvalue weighted by atomic mass is 10.2. The van der Waals surface area contributed by atoms with Crippen LogP contribution in [0.25, 0.3) is 0 Å². The summed E-state index contributed by atoms with van der Waals surface area (Å²) in [4.78, 5) is 16.6. The van der Waals surface area contributed by atoms with Crippen molar-refractivity contribution in [3.05, 3.63) is 83.4 Å². The molecule has 134 valence electrons. The first-order chi connectivity index (χ1) is 12.4. The normalized spacial score (nSPS) is 11.3. The van der Waals surface area contributed by atoms with Crippen molar-refractivity contribution in [3.8, 4) is 0 Å². The van der Waals surface area contributed by atoms with Crippen LogP contribution in [0.4, 0.5) is 0 Å². The molecule has 0 aliphatic carbocycles. The number of carbonyl (C=O) groups excluding carboxylic acids is 1. The Morgan fingerprint density at radius 3 is 2.46 bits per heavy atom. The molecule has 0 spiro atoms. The smallest absolute Gasteiger partial charge is 0.267 e. The second kappa shape index (κ2) is 7.13. The number of pyridine rings is 1. The van der Waals surface area contributed by atoms with Gasteiger partial charge in [0.2, 0.25) is 0 Å². The van der Waals surface area contributed by atoms with E-state index in [1.165, 1.54) is 18.5 Å². The summed E-state index contributed by atoms with van der Waals surface area (Å²) in [6, 6.07) is 11.8. The van der Waals surface area contributed by atoms with Crippen molar-refractivity contribution in [2.24, 2.45) is 0 Å². The standard InChI is InChI=1S/C19H19N3O3S/c1-14-3-7-18(8-4-14)26(24,25)22-10-9-17(13-22)19(23)21-12-16-6-5-15(2)20-11-16/h3-11,13H,12H2,1-2H3,(H,21,23). The van der Waals surface area contributed by atoms with Gasteiger partial charge in [-0.2, -0.15) is 0 Å². The molecule has 0 aliphatic heterocycles. The summed E-state index contributed by atoms with van der Waals surface area (Å²) in [5.74, 6) is -0.344. The fraction of sp³-hybridized carbons (Fsp3) is 0.158. The molecule has 0 aliphatic rings. The SMILES string of the molecule is Cc1ccc(S(=O)(=O)n2ccc(C(=O)NCc3ccc(C)nc3)c2)cc1. The number of benzene rings is 1. The first-order valence-corrected chi connectivity index (χ1v) is 9.50. The Labute approximate surface area is 152 Å². The first kappa shape index (κ1) is 17.9. The van der Waals surface area contributed by atoms with Crippen LogP contribution in [-0.2, 0) is 16.6 Å². The minimum Gasteiger partial charge on any atom is -0.348 e. The number of hydrogen-bond donors (Lipinski definition) is 1. The third kappa shape index (κ3) is 3.83. The highest BCUT2D eigenvalue weighted by Gasteiger charge is 2.18. The van der Waals surface area contributed by atoms with Crippen molar-refractivity contribution < 1.29 is 13.2 Å². The minimum atomic E-state index is -3.71. The molecule has 0 bridgehead atoms. The van der Waals surface area contributed by atoms with E-state index in [1.54, 1.807) is 30.5 Å². The summed E-state index contributed by atoms with van der Waals surface area (Å²) in [5, 5.41) is 2.76. The number of hydrogen-bond acceptors (Lipinski definition) is 4. The van der Waals surface area contributed by atoms with Crippen molar-refractivity contribution in [3.63, 3.8) is 0 Å². The van der Waals surface area contributed by atoms with Crippen molar-refractivity contribution in [2.45, 2.75) is 25.3 Å². The molecule has 26 heavy (non-hydrogen) atoms. The molecule has 0 saturated carbocycles. The van der Waals surface area contributed by atoms with E-state index in [1.807, 2.05) is 26.0 Å². The van der Waals surface area contributed by atoms with Gasteiger partial charge >= 0.3 is 0 Å². The Kier molecular flexibility index (Phi) is 4.90. The van der Waals surface area contributed by atoms with Gasteiger partial charge in [0.25, 0.3) is 15.9 Å². The van der Waals surface area contributed by atoms with Gasteiger partial charge in [0, 0.05) is 30.8 Å². The molecule has 0 saturated heterocycles. The van der Waals surface area contributed by atoms with Gasteiger partial charge in [0.1, 0.15) is 0 Å². The molecule has 2 aromatic heterocycles. The molecular formula is C19H19N3O3S. The molecule has 0 atom stereocenters. The molecule has 6 nitrogen and oxygen atoms in total. The maximum Gasteiger partial charge on any atom is 0.267 e. The Balaban J connectivity index is 1.73. The summed E-state index contributed by atoms with van der Waals surface area (Å²) in [6.45, 7) is 4.10. The third-order valence-electron chi connectivity index (χ3n) is 3.95. The maximum atomic E-state index is 12.6. The van der Waals surface area contributed by atoms with E-state index in [-0.39, 0.29) is 16.4 Å². The van der Waals surface area contributed by atoms with E-state index < -0.39 is 10.0 Å². The number of aromatic nitrogens is 2. The summed E-state index contributed by atoms with van der Waals surface area (Å²) >= 11 is 0. The average Bonchev–Trinajstić information content (AvgIpc) is 3.12. The second-order valence-electron chi connectivity index (χ2n) is 6.04. The maximum absolute atomic E-state index is 12.6. The number of aryl methyl sites for hydroxylation is 2. The number of carbonyl (C=O) groups is 1. The van der Waals surface area contributed by atoms with Crippen LogP contribution in [0.5, 0.6) is 0 Å². The number of nitrogens with one attached hydrogen (secondary N) is 1. The molecule has 3 rings (SSSR count). The van der Waals surface area contributed by atoms with Crippen LogP contribution in [-0.4, -0.2) is 23.3 Å². The van der Waals surface area contributed by atoms with Gasteiger partial charge in [-0.15, -0.1) is 0 Å². The predicted molar refractivity (Wildman–Crippen MR) is 98.3 cm³/mol. The average molecular weight is 369 g/mol. The van der Waals surface area contributed by atoms with Crippen LogP contribution >= 0.6 is 0 Å². The largest absolute Gasteiger partial charge is 0.348 e. The summed E-state index contributed by atoms with van der Waals surface area (Å²) in [5.41, 5.74) is 3.03. The number of amides is 1. The third-order valence-corrected chi connectivity index (χ3v) is 5.60. The molecule has 0 fully saturated rings. The minimum absolute atomic E-state index is 0.177. The summed E-state index contributed by atoms with van der Waals surface area (Å²) in [6.07, 6.45) is 4.39. The molecule has 1 aromatic carbocycles. The molecule has 1 amide bonds.